The lowest BCUT2D eigenvalue weighted by molar-refractivity contribution is -0.138. The molecule has 3 N–H and O–H groups in total. The maximum absolute atomic E-state index is 13.4. The number of benzene rings is 1. The van der Waals surface area contributed by atoms with Crippen molar-refractivity contribution in [1.29, 1.82) is 0 Å². The molecule has 0 bridgehead atoms. The molecule has 1 atom stereocenters. The summed E-state index contributed by atoms with van der Waals surface area (Å²) in [7, 11) is -4.21. The Morgan fingerprint density at radius 3 is 2.50 bits per heavy atom. The molecule has 1 unspecified atom stereocenters. The Labute approximate surface area is 114 Å². The maximum Gasteiger partial charge on any atom is 0.322 e. The van der Waals surface area contributed by atoms with E-state index in [-0.39, 0.29) is 0 Å². The fourth-order valence-electron chi connectivity index (χ4n) is 1.33. The van der Waals surface area contributed by atoms with Crippen molar-refractivity contribution in [3.8, 4) is 0 Å². The van der Waals surface area contributed by atoms with Crippen LogP contribution in [0.4, 0.5) is 4.39 Å². The van der Waals surface area contributed by atoms with Gasteiger partial charge in [-0.3, -0.25) is 9.59 Å². The number of carboxylic acid groups (broad SMARTS) is 1. The summed E-state index contributed by atoms with van der Waals surface area (Å²) in [5.41, 5.74) is 0. The Morgan fingerprint density at radius 1 is 1.35 bits per heavy atom. The van der Waals surface area contributed by atoms with Gasteiger partial charge in [-0.2, -0.15) is 4.72 Å². The Bertz CT molecular complexity index is 617. The van der Waals surface area contributed by atoms with Gasteiger partial charge in [0, 0.05) is 0 Å². The second-order valence-electron chi connectivity index (χ2n) is 3.88. The van der Waals surface area contributed by atoms with Crippen LogP contribution >= 0.6 is 0 Å². The molecular formula is C11H13FN2O5S. The monoisotopic (exact) mass is 304 g/mol. The van der Waals surface area contributed by atoms with Crippen molar-refractivity contribution in [1.82, 2.24) is 10.0 Å². The van der Waals surface area contributed by atoms with E-state index < -0.39 is 45.2 Å². The first-order valence-corrected chi connectivity index (χ1v) is 6.98. The van der Waals surface area contributed by atoms with Crippen molar-refractivity contribution in [2.24, 2.45) is 0 Å². The predicted octanol–water partition coefficient (Wildman–Crippen LogP) is -0.307. The average molecular weight is 304 g/mol. The molecule has 1 rings (SSSR count). The number of sulfonamides is 1. The zero-order chi connectivity index (χ0) is 15.3. The van der Waals surface area contributed by atoms with E-state index in [0.717, 1.165) is 12.1 Å². The van der Waals surface area contributed by atoms with Gasteiger partial charge in [0.1, 0.15) is 17.3 Å². The second kappa shape index (κ2) is 6.44. The van der Waals surface area contributed by atoms with Crippen LogP contribution < -0.4 is 10.0 Å². The Morgan fingerprint density at radius 2 is 1.95 bits per heavy atom. The molecule has 7 nitrogen and oxygen atoms in total. The molecule has 0 aromatic heterocycles. The average Bonchev–Trinajstić information content (AvgIpc) is 2.35. The number of nitrogens with one attached hydrogen (secondary N) is 2. The summed E-state index contributed by atoms with van der Waals surface area (Å²) in [5.74, 6) is -3.03. The largest absolute Gasteiger partial charge is 0.480 e. The first kappa shape index (κ1) is 16.1. The van der Waals surface area contributed by atoms with Gasteiger partial charge in [0.2, 0.25) is 15.9 Å². The first-order chi connectivity index (χ1) is 9.24. The van der Waals surface area contributed by atoms with Crippen LogP contribution in [0.3, 0.4) is 0 Å². The number of hydrogen-bond acceptors (Lipinski definition) is 4. The van der Waals surface area contributed by atoms with Gasteiger partial charge in [-0.15, -0.1) is 0 Å². The smallest absolute Gasteiger partial charge is 0.322 e. The van der Waals surface area contributed by atoms with Crippen LogP contribution in [0.5, 0.6) is 0 Å². The van der Waals surface area contributed by atoms with Crippen LogP contribution in [-0.4, -0.2) is 38.0 Å². The molecule has 0 aliphatic heterocycles. The van der Waals surface area contributed by atoms with Crippen molar-refractivity contribution in [3.05, 3.63) is 30.1 Å². The molecule has 0 aliphatic rings. The van der Waals surface area contributed by atoms with Crippen LogP contribution in [0.2, 0.25) is 0 Å². The van der Waals surface area contributed by atoms with E-state index in [4.69, 9.17) is 5.11 Å². The molecular weight excluding hydrogens is 291 g/mol. The number of hydrogen-bond donors (Lipinski definition) is 3. The van der Waals surface area contributed by atoms with Gasteiger partial charge >= 0.3 is 5.97 Å². The number of halogens is 1. The molecule has 0 heterocycles. The van der Waals surface area contributed by atoms with Crippen LogP contribution in [0.25, 0.3) is 0 Å². The van der Waals surface area contributed by atoms with E-state index in [2.05, 4.69) is 0 Å². The minimum Gasteiger partial charge on any atom is -0.480 e. The molecule has 0 radical (unpaired) electrons. The standard InChI is InChI=1S/C11H13FN2O5S/c1-7(11(17)13-6-10(15)16)14-20(18,19)9-5-3-2-4-8(9)12/h2-5,7,14H,6H2,1H3,(H,13,17)(H,15,16). The molecule has 9 heteroatoms. The molecule has 1 aromatic carbocycles. The fraction of sp³-hybridized carbons (Fsp3) is 0.273. The molecule has 1 aromatic rings. The number of amides is 1. The van der Waals surface area contributed by atoms with Crippen LogP contribution in [0, 0.1) is 5.82 Å². The minimum atomic E-state index is -4.21. The lowest BCUT2D eigenvalue weighted by atomic mass is 10.3. The van der Waals surface area contributed by atoms with Crippen molar-refractivity contribution >= 4 is 21.9 Å². The van der Waals surface area contributed by atoms with E-state index >= 15 is 0 Å². The Balaban J connectivity index is 2.79. The third-order valence-electron chi connectivity index (χ3n) is 2.27. The SMILES string of the molecule is CC(NS(=O)(=O)c1ccccc1F)C(=O)NCC(=O)O. The molecule has 0 fully saturated rings. The summed E-state index contributed by atoms with van der Waals surface area (Å²) in [5, 5.41) is 10.4. The highest BCUT2D eigenvalue weighted by molar-refractivity contribution is 7.89. The van der Waals surface area contributed by atoms with Gasteiger partial charge < -0.3 is 10.4 Å². The number of aliphatic carboxylic acids is 1. The predicted molar refractivity (Wildman–Crippen MR) is 66.8 cm³/mol. The van der Waals surface area contributed by atoms with Gasteiger partial charge in [-0.1, -0.05) is 12.1 Å². The fourth-order valence-corrected chi connectivity index (χ4v) is 2.61. The lowest BCUT2D eigenvalue weighted by Crippen LogP contribution is -2.46. The zero-order valence-corrected chi connectivity index (χ0v) is 11.3. The zero-order valence-electron chi connectivity index (χ0n) is 10.5. The Hall–Kier alpha value is -2.00. The van der Waals surface area contributed by atoms with E-state index in [9.17, 15) is 22.4 Å². The third kappa shape index (κ3) is 4.28. The van der Waals surface area contributed by atoms with E-state index in [1.165, 1.54) is 19.1 Å². The van der Waals surface area contributed by atoms with Gasteiger partial charge in [0.05, 0.1) is 6.04 Å². The van der Waals surface area contributed by atoms with Crippen LogP contribution in [0.15, 0.2) is 29.2 Å². The number of carbonyl (C=O) groups excluding carboxylic acids is 1. The van der Waals surface area contributed by atoms with Crippen molar-refractivity contribution in [3.63, 3.8) is 0 Å². The molecule has 0 spiro atoms. The molecule has 110 valence electrons. The maximum atomic E-state index is 13.4. The van der Waals surface area contributed by atoms with Crippen LogP contribution in [-0.2, 0) is 19.6 Å². The van der Waals surface area contributed by atoms with E-state index in [0.29, 0.717) is 0 Å². The molecule has 0 saturated heterocycles. The summed E-state index contributed by atoms with van der Waals surface area (Å²) >= 11 is 0. The molecule has 0 saturated carbocycles. The quantitative estimate of drug-likeness (QED) is 0.667. The van der Waals surface area contributed by atoms with Crippen LogP contribution in [0.1, 0.15) is 6.92 Å². The number of rotatable bonds is 6. The molecule has 20 heavy (non-hydrogen) atoms. The summed E-state index contributed by atoms with van der Waals surface area (Å²) in [6, 6.07) is 3.46. The summed E-state index contributed by atoms with van der Waals surface area (Å²) in [6.45, 7) is 0.584. The van der Waals surface area contributed by atoms with E-state index in [1.54, 1.807) is 0 Å². The first-order valence-electron chi connectivity index (χ1n) is 5.50. The van der Waals surface area contributed by atoms with Gasteiger partial charge in [0.15, 0.2) is 0 Å². The molecule has 1 amide bonds. The minimum absolute atomic E-state index is 0.585. The normalized spacial score (nSPS) is 12.7. The van der Waals surface area contributed by atoms with E-state index in [1.807, 2.05) is 10.0 Å². The summed E-state index contributed by atoms with van der Waals surface area (Å²) in [6.07, 6.45) is 0. The topological polar surface area (TPSA) is 113 Å². The highest BCUT2D eigenvalue weighted by atomic mass is 32.2. The highest BCUT2D eigenvalue weighted by Crippen LogP contribution is 2.13. The van der Waals surface area contributed by atoms with Crippen molar-refractivity contribution in [2.45, 2.75) is 17.9 Å². The lowest BCUT2D eigenvalue weighted by Gasteiger charge is -2.14. The highest BCUT2D eigenvalue weighted by Gasteiger charge is 2.24. The van der Waals surface area contributed by atoms with Crippen molar-refractivity contribution in [2.75, 3.05) is 6.54 Å². The number of carboxylic acids is 1. The number of carbonyl (C=O) groups is 2. The van der Waals surface area contributed by atoms with Crippen molar-refractivity contribution < 1.29 is 27.5 Å². The van der Waals surface area contributed by atoms with Gasteiger partial charge in [0.25, 0.3) is 0 Å². The summed E-state index contributed by atoms with van der Waals surface area (Å²) in [4.78, 5) is 21.1. The van der Waals surface area contributed by atoms with Gasteiger partial charge in [-0.25, -0.2) is 12.8 Å². The third-order valence-corrected chi connectivity index (χ3v) is 3.84. The summed E-state index contributed by atoms with van der Waals surface area (Å²) < 4.78 is 39.1. The molecule has 0 aliphatic carbocycles. The van der Waals surface area contributed by atoms with Gasteiger partial charge in [-0.05, 0) is 19.1 Å². The second-order valence-corrected chi connectivity index (χ2v) is 5.57. The Kier molecular flexibility index (Phi) is 5.17.